The average Bonchev–Trinajstić information content (AvgIpc) is 2.72. The van der Waals surface area contributed by atoms with Crippen molar-refractivity contribution < 1.29 is 0 Å². The number of benzene rings is 1. The van der Waals surface area contributed by atoms with Gasteiger partial charge in [-0.3, -0.25) is 5.32 Å². The SMILES string of the molecule is CCCCC1=c2ccccc2=C(CCCC)[N]1. The van der Waals surface area contributed by atoms with E-state index < -0.39 is 0 Å². The van der Waals surface area contributed by atoms with E-state index in [0.29, 0.717) is 0 Å². The fourth-order valence-corrected chi connectivity index (χ4v) is 2.34. The van der Waals surface area contributed by atoms with E-state index in [1.807, 2.05) is 0 Å². The van der Waals surface area contributed by atoms with E-state index in [1.54, 1.807) is 0 Å². The van der Waals surface area contributed by atoms with E-state index in [1.165, 1.54) is 47.5 Å². The van der Waals surface area contributed by atoms with Gasteiger partial charge in [-0.05, 0) is 25.7 Å². The van der Waals surface area contributed by atoms with Crippen molar-refractivity contribution in [1.82, 2.24) is 5.32 Å². The molecule has 0 saturated heterocycles. The number of hydrogen-bond donors (Lipinski definition) is 0. The van der Waals surface area contributed by atoms with Crippen LogP contribution in [-0.2, 0) is 0 Å². The van der Waals surface area contributed by atoms with Gasteiger partial charge in [-0.1, -0.05) is 51.0 Å². The van der Waals surface area contributed by atoms with Gasteiger partial charge in [-0.2, -0.15) is 0 Å². The summed E-state index contributed by atoms with van der Waals surface area (Å²) in [5.74, 6) is 0. The Bertz CT molecular complexity index is 439. The Morgan fingerprint density at radius 1 is 0.824 bits per heavy atom. The molecule has 17 heavy (non-hydrogen) atoms. The molecular formula is C16H22N. The van der Waals surface area contributed by atoms with E-state index in [4.69, 9.17) is 5.32 Å². The molecule has 0 bridgehead atoms. The largest absolute Gasteiger partial charge is 0.257 e. The van der Waals surface area contributed by atoms with Crippen LogP contribution in [0.3, 0.4) is 0 Å². The van der Waals surface area contributed by atoms with Gasteiger partial charge in [0.05, 0.1) is 0 Å². The Labute approximate surface area is 104 Å². The molecule has 1 heteroatoms. The quantitative estimate of drug-likeness (QED) is 0.711. The molecule has 0 amide bonds. The van der Waals surface area contributed by atoms with E-state index in [9.17, 15) is 0 Å². The molecule has 91 valence electrons. The van der Waals surface area contributed by atoms with Gasteiger partial charge < -0.3 is 0 Å². The van der Waals surface area contributed by atoms with Gasteiger partial charge in [0.15, 0.2) is 0 Å². The number of rotatable bonds is 6. The second kappa shape index (κ2) is 5.90. The van der Waals surface area contributed by atoms with E-state index in [-0.39, 0.29) is 0 Å². The van der Waals surface area contributed by atoms with E-state index >= 15 is 0 Å². The maximum absolute atomic E-state index is 4.86. The first-order chi connectivity index (χ1) is 8.36. The number of fused-ring (bicyclic) bond motifs is 1. The Kier molecular flexibility index (Phi) is 4.24. The fourth-order valence-electron chi connectivity index (χ4n) is 2.34. The molecule has 0 aromatic heterocycles. The summed E-state index contributed by atoms with van der Waals surface area (Å²) >= 11 is 0. The molecule has 0 saturated carbocycles. The minimum atomic E-state index is 1.13. The van der Waals surface area contributed by atoms with Gasteiger partial charge in [0.1, 0.15) is 0 Å². The molecule has 1 nitrogen and oxygen atoms in total. The smallest absolute Gasteiger partial charge is 0.0486 e. The predicted molar refractivity (Wildman–Crippen MR) is 73.7 cm³/mol. The number of unbranched alkanes of at least 4 members (excludes halogenated alkanes) is 2. The maximum Gasteiger partial charge on any atom is 0.0486 e. The lowest BCUT2D eigenvalue weighted by Crippen LogP contribution is -2.23. The highest BCUT2D eigenvalue weighted by atomic mass is 14.9. The monoisotopic (exact) mass is 228 g/mol. The molecule has 0 fully saturated rings. The van der Waals surface area contributed by atoms with Crippen LogP contribution < -0.4 is 15.8 Å². The van der Waals surface area contributed by atoms with Crippen LogP contribution in [0, 0.1) is 0 Å². The van der Waals surface area contributed by atoms with Gasteiger partial charge in [-0.25, -0.2) is 0 Å². The summed E-state index contributed by atoms with van der Waals surface area (Å²) in [6.45, 7) is 4.48. The topological polar surface area (TPSA) is 14.1 Å². The Morgan fingerprint density at radius 3 is 1.71 bits per heavy atom. The lowest BCUT2D eigenvalue weighted by molar-refractivity contribution is 0.783. The lowest BCUT2D eigenvalue weighted by atomic mass is 10.1. The van der Waals surface area contributed by atoms with Crippen molar-refractivity contribution in [3.05, 3.63) is 34.7 Å². The van der Waals surface area contributed by atoms with Crippen LogP contribution in [0.15, 0.2) is 24.3 Å². The standard InChI is InChI=1S/C16H22N/c1-3-5-11-15-13-9-7-8-10-14(13)16(17-15)12-6-4-2/h7-10H,3-6,11-12H2,1-2H3. The first-order valence-corrected chi connectivity index (χ1v) is 6.90. The first-order valence-electron chi connectivity index (χ1n) is 6.90. The number of nitrogens with zero attached hydrogens (tertiary/aromatic N) is 1. The fraction of sp³-hybridized carbons (Fsp3) is 0.500. The molecule has 1 aromatic rings. The van der Waals surface area contributed by atoms with Crippen LogP contribution in [0.4, 0.5) is 0 Å². The van der Waals surface area contributed by atoms with E-state index in [2.05, 4.69) is 38.1 Å². The Hall–Kier alpha value is -1.24. The van der Waals surface area contributed by atoms with Gasteiger partial charge in [0, 0.05) is 21.8 Å². The molecule has 1 heterocycles. The molecule has 1 aromatic carbocycles. The Morgan fingerprint density at radius 2 is 1.29 bits per heavy atom. The van der Waals surface area contributed by atoms with Crippen molar-refractivity contribution in [2.75, 3.05) is 0 Å². The maximum atomic E-state index is 4.86. The van der Waals surface area contributed by atoms with Crippen molar-refractivity contribution in [2.24, 2.45) is 0 Å². The summed E-state index contributed by atoms with van der Waals surface area (Å²) in [7, 11) is 0. The zero-order chi connectivity index (χ0) is 12.1. The average molecular weight is 228 g/mol. The van der Waals surface area contributed by atoms with Crippen molar-refractivity contribution in [1.29, 1.82) is 0 Å². The lowest BCUT2D eigenvalue weighted by Gasteiger charge is -2.05. The molecule has 0 unspecified atom stereocenters. The van der Waals surface area contributed by atoms with Gasteiger partial charge in [0.25, 0.3) is 0 Å². The second-order valence-electron chi connectivity index (χ2n) is 4.76. The summed E-state index contributed by atoms with van der Waals surface area (Å²) in [6, 6.07) is 8.71. The highest BCUT2D eigenvalue weighted by Gasteiger charge is 2.13. The molecule has 2 rings (SSSR count). The molecule has 0 atom stereocenters. The minimum absolute atomic E-state index is 1.13. The van der Waals surface area contributed by atoms with Crippen LogP contribution in [-0.4, -0.2) is 0 Å². The van der Waals surface area contributed by atoms with Crippen LogP contribution in [0.25, 0.3) is 11.4 Å². The highest BCUT2D eigenvalue weighted by molar-refractivity contribution is 5.63. The summed E-state index contributed by atoms with van der Waals surface area (Å²) in [5.41, 5.74) is 2.63. The zero-order valence-corrected chi connectivity index (χ0v) is 11.0. The molecule has 1 aliphatic rings. The molecule has 0 aliphatic carbocycles. The third-order valence-electron chi connectivity index (χ3n) is 3.35. The van der Waals surface area contributed by atoms with Gasteiger partial charge in [0.2, 0.25) is 0 Å². The molecule has 0 spiro atoms. The third kappa shape index (κ3) is 2.71. The summed E-state index contributed by atoms with van der Waals surface area (Å²) in [4.78, 5) is 0. The predicted octanol–water partition coefficient (Wildman–Crippen LogP) is 2.90. The van der Waals surface area contributed by atoms with Crippen molar-refractivity contribution >= 4 is 11.4 Å². The highest BCUT2D eigenvalue weighted by Crippen LogP contribution is 2.15. The van der Waals surface area contributed by atoms with Gasteiger partial charge in [-0.15, -0.1) is 0 Å². The minimum Gasteiger partial charge on any atom is -0.257 e. The third-order valence-corrected chi connectivity index (χ3v) is 3.35. The summed E-state index contributed by atoms with van der Waals surface area (Å²) < 4.78 is 0. The van der Waals surface area contributed by atoms with Crippen LogP contribution in [0.1, 0.15) is 52.4 Å². The second-order valence-corrected chi connectivity index (χ2v) is 4.76. The molecular weight excluding hydrogens is 206 g/mol. The first kappa shape index (κ1) is 12.2. The number of hydrogen-bond acceptors (Lipinski definition) is 0. The molecule has 0 N–H and O–H groups in total. The van der Waals surface area contributed by atoms with Gasteiger partial charge >= 0.3 is 0 Å². The van der Waals surface area contributed by atoms with Crippen LogP contribution in [0.2, 0.25) is 0 Å². The summed E-state index contributed by atoms with van der Waals surface area (Å²) in [5, 5.41) is 7.63. The summed E-state index contributed by atoms with van der Waals surface area (Å²) in [6.07, 6.45) is 7.23. The Balaban J connectivity index is 2.32. The van der Waals surface area contributed by atoms with Crippen LogP contribution >= 0.6 is 0 Å². The van der Waals surface area contributed by atoms with Crippen molar-refractivity contribution in [3.8, 4) is 0 Å². The van der Waals surface area contributed by atoms with E-state index in [0.717, 1.165) is 12.8 Å². The molecule has 1 aliphatic heterocycles. The van der Waals surface area contributed by atoms with Crippen LogP contribution in [0.5, 0.6) is 0 Å². The van der Waals surface area contributed by atoms with Crippen molar-refractivity contribution in [3.63, 3.8) is 0 Å². The molecule has 1 radical (unpaired) electrons. The van der Waals surface area contributed by atoms with Crippen molar-refractivity contribution in [2.45, 2.75) is 52.4 Å². The zero-order valence-electron chi connectivity index (χ0n) is 11.0. The normalized spacial score (nSPS) is 13.8.